The number of benzene rings is 1. The highest BCUT2D eigenvalue weighted by atomic mass is 32.2. The molecule has 1 aromatic carbocycles. The average molecular weight is 304 g/mol. The van der Waals surface area contributed by atoms with Crippen molar-refractivity contribution < 1.29 is 4.79 Å². The summed E-state index contributed by atoms with van der Waals surface area (Å²) in [5.74, 6) is 1.09. The van der Waals surface area contributed by atoms with Crippen LogP contribution in [0.2, 0.25) is 0 Å². The van der Waals surface area contributed by atoms with Gasteiger partial charge in [-0.05, 0) is 12.1 Å². The summed E-state index contributed by atoms with van der Waals surface area (Å²) < 4.78 is 2.06. The molecule has 3 aromatic rings. The zero-order chi connectivity index (χ0) is 13.8. The third-order valence-electron chi connectivity index (χ3n) is 2.61. The summed E-state index contributed by atoms with van der Waals surface area (Å²) in [4.78, 5) is 23.2. The lowest BCUT2D eigenvalue weighted by molar-refractivity contribution is -0.118. The van der Waals surface area contributed by atoms with E-state index in [-0.39, 0.29) is 5.91 Å². The fraction of sp³-hybridized carbons (Fsp3) is 0.154. The Labute approximate surface area is 123 Å². The highest BCUT2D eigenvalue weighted by molar-refractivity contribution is 8.01. The maximum atomic E-state index is 11.7. The predicted octanol–water partition coefficient (Wildman–Crippen LogP) is 2.43. The zero-order valence-corrected chi connectivity index (χ0v) is 12.1. The molecule has 7 heteroatoms. The van der Waals surface area contributed by atoms with Gasteiger partial charge in [0.15, 0.2) is 4.34 Å². The second-order valence-corrected chi connectivity index (χ2v) is 6.30. The van der Waals surface area contributed by atoms with E-state index in [0.29, 0.717) is 12.3 Å². The molecule has 0 atom stereocenters. The van der Waals surface area contributed by atoms with Gasteiger partial charge in [0.1, 0.15) is 5.82 Å². The van der Waals surface area contributed by atoms with E-state index < -0.39 is 0 Å². The Morgan fingerprint density at radius 2 is 2.30 bits per heavy atom. The molecular formula is C13H12N4OS2. The number of hydrogen-bond acceptors (Lipinski definition) is 5. The summed E-state index contributed by atoms with van der Waals surface area (Å²) >= 11 is 3.06. The largest absolute Gasteiger partial charge is 0.348 e. The lowest BCUT2D eigenvalue weighted by Crippen LogP contribution is -2.25. The number of para-hydroxylation sites is 1. The number of fused-ring (bicyclic) bond motifs is 1. The van der Waals surface area contributed by atoms with Crippen molar-refractivity contribution in [3.8, 4) is 0 Å². The van der Waals surface area contributed by atoms with Gasteiger partial charge in [0.05, 0.1) is 22.5 Å². The van der Waals surface area contributed by atoms with Crippen LogP contribution in [0.25, 0.3) is 10.2 Å². The van der Waals surface area contributed by atoms with Crippen LogP contribution in [0.15, 0.2) is 41.0 Å². The molecule has 0 aliphatic heterocycles. The third kappa shape index (κ3) is 3.17. The van der Waals surface area contributed by atoms with Crippen LogP contribution >= 0.6 is 23.1 Å². The van der Waals surface area contributed by atoms with Gasteiger partial charge in [-0.1, -0.05) is 23.9 Å². The number of aromatic nitrogens is 3. The van der Waals surface area contributed by atoms with E-state index in [1.165, 1.54) is 11.8 Å². The normalized spacial score (nSPS) is 10.8. The summed E-state index contributed by atoms with van der Waals surface area (Å²) in [5.41, 5.74) is 0.982. The molecule has 0 radical (unpaired) electrons. The van der Waals surface area contributed by atoms with Gasteiger partial charge in [-0.2, -0.15) is 0 Å². The number of aromatic amines is 1. The minimum Gasteiger partial charge on any atom is -0.348 e. The fourth-order valence-corrected chi connectivity index (χ4v) is 3.57. The number of amides is 1. The van der Waals surface area contributed by atoms with Crippen molar-refractivity contribution in [2.24, 2.45) is 0 Å². The molecule has 0 saturated heterocycles. The van der Waals surface area contributed by atoms with E-state index in [2.05, 4.69) is 20.3 Å². The van der Waals surface area contributed by atoms with Crippen LogP contribution in [0, 0.1) is 0 Å². The summed E-state index contributed by atoms with van der Waals surface area (Å²) in [6.45, 7) is 0.423. The predicted molar refractivity (Wildman–Crippen MR) is 80.8 cm³/mol. The molecule has 0 aliphatic rings. The van der Waals surface area contributed by atoms with E-state index in [1.807, 2.05) is 24.3 Å². The number of rotatable bonds is 5. The molecule has 0 spiro atoms. The first-order chi connectivity index (χ1) is 9.81. The van der Waals surface area contributed by atoms with Crippen molar-refractivity contribution in [2.45, 2.75) is 10.9 Å². The summed E-state index contributed by atoms with van der Waals surface area (Å²) in [6, 6.07) is 7.97. The van der Waals surface area contributed by atoms with Gasteiger partial charge in [-0.3, -0.25) is 4.79 Å². The minimum absolute atomic E-state index is 0.0225. The average Bonchev–Trinajstić information content (AvgIpc) is 3.11. The third-order valence-corrected chi connectivity index (χ3v) is 4.79. The van der Waals surface area contributed by atoms with Gasteiger partial charge in [0.2, 0.25) is 5.91 Å². The number of thioether (sulfide) groups is 1. The Bertz CT molecular complexity index is 675. The maximum absolute atomic E-state index is 11.7. The molecule has 2 heterocycles. The molecule has 2 N–H and O–H groups in total. The highest BCUT2D eigenvalue weighted by Gasteiger charge is 2.07. The van der Waals surface area contributed by atoms with Crippen LogP contribution < -0.4 is 5.32 Å². The van der Waals surface area contributed by atoms with Crippen molar-refractivity contribution in [1.29, 1.82) is 0 Å². The van der Waals surface area contributed by atoms with Crippen LogP contribution in [-0.4, -0.2) is 26.6 Å². The van der Waals surface area contributed by atoms with Gasteiger partial charge in [-0.15, -0.1) is 11.3 Å². The standard InChI is InChI=1S/C13H12N4OS2/c18-12(16-7-11-14-5-6-15-11)8-19-13-17-9-3-1-2-4-10(9)20-13/h1-6H,7-8H2,(H,14,15)(H,16,18). The molecule has 0 aliphatic carbocycles. The van der Waals surface area contributed by atoms with Crippen LogP contribution in [-0.2, 0) is 11.3 Å². The van der Waals surface area contributed by atoms with Gasteiger partial charge in [0.25, 0.3) is 0 Å². The molecule has 0 bridgehead atoms. The smallest absolute Gasteiger partial charge is 0.230 e. The molecule has 3 rings (SSSR count). The van der Waals surface area contributed by atoms with Gasteiger partial charge < -0.3 is 10.3 Å². The second-order valence-electron chi connectivity index (χ2n) is 4.05. The van der Waals surface area contributed by atoms with Crippen LogP contribution in [0.3, 0.4) is 0 Å². The van der Waals surface area contributed by atoms with Crippen LogP contribution in [0.5, 0.6) is 0 Å². The lowest BCUT2D eigenvalue weighted by Gasteiger charge is -2.01. The highest BCUT2D eigenvalue weighted by Crippen LogP contribution is 2.28. The number of imidazole rings is 1. The SMILES string of the molecule is O=C(CSc1nc2ccccc2s1)NCc1ncc[nH]1. The second kappa shape index (κ2) is 6.06. The van der Waals surface area contributed by atoms with Crippen LogP contribution in [0.1, 0.15) is 5.82 Å². The number of carbonyl (C=O) groups excluding carboxylic acids is 1. The molecule has 102 valence electrons. The van der Waals surface area contributed by atoms with E-state index >= 15 is 0 Å². The van der Waals surface area contributed by atoms with E-state index in [9.17, 15) is 4.79 Å². The molecular weight excluding hydrogens is 292 g/mol. The lowest BCUT2D eigenvalue weighted by atomic mass is 10.3. The molecule has 5 nitrogen and oxygen atoms in total. The van der Waals surface area contributed by atoms with E-state index in [4.69, 9.17) is 0 Å². The Kier molecular flexibility index (Phi) is 3.98. The number of nitrogens with one attached hydrogen (secondary N) is 2. The summed E-state index contributed by atoms with van der Waals surface area (Å²) in [5, 5.41) is 2.81. The number of carbonyl (C=O) groups is 1. The Morgan fingerprint density at radius 1 is 1.40 bits per heavy atom. The number of nitrogens with zero attached hydrogens (tertiary/aromatic N) is 2. The first kappa shape index (κ1) is 13.1. The molecule has 0 fully saturated rings. The number of H-pyrrole nitrogens is 1. The van der Waals surface area contributed by atoms with E-state index in [0.717, 1.165) is 20.4 Å². The topological polar surface area (TPSA) is 70.7 Å². The molecule has 0 unspecified atom stereocenters. The molecule has 2 aromatic heterocycles. The Hall–Kier alpha value is -1.86. The zero-order valence-electron chi connectivity index (χ0n) is 10.5. The van der Waals surface area contributed by atoms with E-state index in [1.54, 1.807) is 23.7 Å². The van der Waals surface area contributed by atoms with Crippen molar-refractivity contribution in [1.82, 2.24) is 20.3 Å². The maximum Gasteiger partial charge on any atom is 0.230 e. The van der Waals surface area contributed by atoms with Crippen molar-refractivity contribution in [3.63, 3.8) is 0 Å². The van der Waals surface area contributed by atoms with Crippen molar-refractivity contribution >= 4 is 39.2 Å². The Morgan fingerprint density at radius 3 is 3.10 bits per heavy atom. The first-order valence-electron chi connectivity index (χ1n) is 6.04. The van der Waals surface area contributed by atoms with Crippen molar-refractivity contribution in [2.75, 3.05) is 5.75 Å². The summed E-state index contributed by atoms with van der Waals surface area (Å²) in [6.07, 6.45) is 3.40. The van der Waals surface area contributed by atoms with Crippen molar-refractivity contribution in [3.05, 3.63) is 42.5 Å². The first-order valence-corrected chi connectivity index (χ1v) is 7.85. The van der Waals surface area contributed by atoms with Gasteiger partial charge in [-0.25, -0.2) is 9.97 Å². The molecule has 20 heavy (non-hydrogen) atoms. The van der Waals surface area contributed by atoms with Gasteiger partial charge in [0, 0.05) is 12.4 Å². The number of thiazole rings is 1. The fourth-order valence-electron chi connectivity index (χ4n) is 1.67. The monoisotopic (exact) mass is 304 g/mol. The quantitative estimate of drug-likeness (QED) is 0.710. The molecule has 0 saturated carbocycles. The minimum atomic E-state index is -0.0225. The Balaban J connectivity index is 1.52. The molecule has 1 amide bonds. The number of hydrogen-bond donors (Lipinski definition) is 2. The van der Waals surface area contributed by atoms with Gasteiger partial charge >= 0.3 is 0 Å². The van der Waals surface area contributed by atoms with Crippen LogP contribution in [0.4, 0.5) is 0 Å². The summed E-state index contributed by atoms with van der Waals surface area (Å²) in [7, 11) is 0.